The second-order valence-electron chi connectivity index (χ2n) is 4.94. The number of aliphatic hydroxyl groups is 1. The van der Waals surface area contributed by atoms with E-state index < -0.39 is 0 Å². The molecule has 1 fully saturated rings. The van der Waals surface area contributed by atoms with Crippen LogP contribution in [-0.2, 0) is 9.53 Å². The number of ether oxygens (including phenoxy) is 1. The van der Waals surface area contributed by atoms with E-state index in [0.717, 1.165) is 32.1 Å². The maximum absolute atomic E-state index is 11.6. The summed E-state index contributed by atoms with van der Waals surface area (Å²) in [6.07, 6.45) is 4.85. The van der Waals surface area contributed by atoms with Gasteiger partial charge in [-0.2, -0.15) is 0 Å². The summed E-state index contributed by atoms with van der Waals surface area (Å²) in [6.45, 7) is 4.90. The summed E-state index contributed by atoms with van der Waals surface area (Å²) in [4.78, 5) is 11.6. The molecule has 0 bridgehead atoms. The molecule has 0 saturated heterocycles. The molecule has 0 amide bonds. The summed E-state index contributed by atoms with van der Waals surface area (Å²) in [5, 5.41) is 9.09. The molecular weight excluding hydrogens is 204 g/mol. The van der Waals surface area contributed by atoms with Crippen molar-refractivity contribution < 1.29 is 14.6 Å². The van der Waals surface area contributed by atoms with Gasteiger partial charge in [-0.1, -0.05) is 13.8 Å². The van der Waals surface area contributed by atoms with Crippen molar-refractivity contribution in [3.63, 3.8) is 0 Å². The smallest absolute Gasteiger partial charge is 0.308 e. The Balaban J connectivity index is 2.28. The molecule has 3 nitrogen and oxygen atoms in total. The molecule has 0 aliphatic heterocycles. The maximum Gasteiger partial charge on any atom is 0.308 e. The molecule has 1 saturated carbocycles. The molecule has 16 heavy (non-hydrogen) atoms. The third kappa shape index (κ3) is 3.78. The summed E-state index contributed by atoms with van der Waals surface area (Å²) in [7, 11) is 0. The van der Waals surface area contributed by atoms with Crippen molar-refractivity contribution >= 4 is 5.97 Å². The highest BCUT2D eigenvalue weighted by Crippen LogP contribution is 2.33. The fraction of sp³-hybridized carbons (Fsp3) is 0.923. The minimum atomic E-state index is -0.0167. The second-order valence-corrected chi connectivity index (χ2v) is 4.94. The number of carbonyl (C=O) groups excluding carboxylic acids is 1. The van der Waals surface area contributed by atoms with Gasteiger partial charge in [0.1, 0.15) is 0 Å². The van der Waals surface area contributed by atoms with Gasteiger partial charge in [0.25, 0.3) is 0 Å². The first-order valence-corrected chi connectivity index (χ1v) is 6.46. The number of carbonyl (C=O) groups is 1. The molecule has 0 aromatic carbocycles. The van der Waals surface area contributed by atoms with Crippen LogP contribution in [0.1, 0.15) is 46.0 Å². The van der Waals surface area contributed by atoms with Gasteiger partial charge >= 0.3 is 5.97 Å². The molecule has 1 rings (SSSR count). The predicted octanol–water partition coefficient (Wildman–Crippen LogP) is 2.37. The minimum Gasteiger partial charge on any atom is -0.465 e. The van der Waals surface area contributed by atoms with Crippen molar-refractivity contribution in [1.29, 1.82) is 0 Å². The zero-order chi connectivity index (χ0) is 12.0. The van der Waals surface area contributed by atoms with Crippen LogP contribution in [0.3, 0.4) is 0 Å². The molecule has 0 aromatic rings. The molecule has 1 N–H and O–H groups in total. The maximum atomic E-state index is 11.6. The van der Waals surface area contributed by atoms with Crippen LogP contribution in [0.15, 0.2) is 0 Å². The lowest BCUT2D eigenvalue weighted by molar-refractivity contribution is -0.150. The van der Waals surface area contributed by atoms with Crippen LogP contribution in [0.25, 0.3) is 0 Å². The van der Waals surface area contributed by atoms with Crippen LogP contribution in [0.5, 0.6) is 0 Å². The molecule has 1 aliphatic carbocycles. The molecule has 1 atom stereocenters. The summed E-state index contributed by atoms with van der Waals surface area (Å²) >= 11 is 0. The van der Waals surface area contributed by atoms with Gasteiger partial charge in [-0.15, -0.1) is 0 Å². The first kappa shape index (κ1) is 13.5. The Hall–Kier alpha value is -0.570. The van der Waals surface area contributed by atoms with E-state index in [1.54, 1.807) is 0 Å². The van der Waals surface area contributed by atoms with Crippen LogP contribution in [0.2, 0.25) is 0 Å². The molecule has 1 aliphatic rings. The largest absolute Gasteiger partial charge is 0.465 e. The number of aliphatic hydroxyl groups excluding tert-OH is 1. The van der Waals surface area contributed by atoms with Gasteiger partial charge in [-0.3, -0.25) is 4.79 Å². The van der Waals surface area contributed by atoms with E-state index in [1.807, 2.05) is 6.92 Å². The number of hydrogen-bond donors (Lipinski definition) is 1. The van der Waals surface area contributed by atoms with Crippen molar-refractivity contribution in [3.05, 3.63) is 0 Å². The van der Waals surface area contributed by atoms with E-state index in [0.29, 0.717) is 18.4 Å². The quantitative estimate of drug-likeness (QED) is 0.735. The Bertz CT molecular complexity index is 207. The van der Waals surface area contributed by atoms with Gasteiger partial charge in [-0.25, -0.2) is 0 Å². The lowest BCUT2D eigenvalue weighted by Crippen LogP contribution is -2.27. The van der Waals surface area contributed by atoms with Crippen molar-refractivity contribution in [3.8, 4) is 0 Å². The van der Waals surface area contributed by atoms with Gasteiger partial charge in [0.2, 0.25) is 0 Å². The summed E-state index contributed by atoms with van der Waals surface area (Å²) < 4.78 is 5.16. The first-order valence-electron chi connectivity index (χ1n) is 6.46. The number of hydrogen-bond acceptors (Lipinski definition) is 3. The number of rotatable bonds is 5. The Morgan fingerprint density at radius 3 is 2.50 bits per heavy atom. The Labute approximate surface area is 98.2 Å². The molecule has 0 aromatic heterocycles. The van der Waals surface area contributed by atoms with Crippen LogP contribution < -0.4 is 0 Å². The van der Waals surface area contributed by atoms with Crippen molar-refractivity contribution in [2.45, 2.75) is 46.0 Å². The van der Waals surface area contributed by atoms with E-state index in [2.05, 4.69) is 6.92 Å². The molecule has 1 unspecified atom stereocenters. The zero-order valence-corrected chi connectivity index (χ0v) is 10.4. The standard InChI is InChI=1S/C13H24O3/c1-3-8-16-13(15)12-6-4-11(5-7-12)10(2)9-14/h10-12,14H,3-9H2,1-2H3. The zero-order valence-electron chi connectivity index (χ0n) is 10.4. The van der Waals surface area contributed by atoms with Crippen LogP contribution in [0, 0.1) is 17.8 Å². The second kappa shape index (κ2) is 6.89. The lowest BCUT2D eigenvalue weighted by atomic mass is 9.76. The average Bonchev–Trinajstić information content (AvgIpc) is 2.35. The molecule has 3 heteroatoms. The normalized spacial score (nSPS) is 27.4. The highest BCUT2D eigenvalue weighted by molar-refractivity contribution is 5.72. The SMILES string of the molecule is CCCOC(=O)C1CCC(C(C)CO)CC1. The predicted molar refractivity (Wildman–Crippen MR) is 62.9 cm³/mol. The van der Waals surface area contributed by atoms with E-state index in [-0.39, 0.29) is 18.5 Å². The van der Waals surface area contributed by atoms with Crippen LogP contribution in [-0.4, -0.2) is 24.3 Å². The summed E-state index contributed by atoms with van der Waals surface area (Å²) in [6, 6.07) is 0. The third-order valence-electron chi connectivity index (χ3n) is 3.65. The van der Waals surface area contributed by atoms with Crippen LogP contribution >= 0.6 is 0 Å². The molecule has 0 spiro atoms. The average molecular weight is 228 g/mol. The van der Waals surface area contributed by atoms with E-state index >= 15 is 0 Å². The Morgan fingerprint density at radius 2 is 2.00 bits per heavy atom. The van der Waals surface area contributed by atoms with E-state index in [9.17, 15) is 4.79 Å². The molecule has 0 heterocycles. The van der Waals surface area contributed by atoms with Crippen molar-refractivity contribution in [2.75, 3.05) is 13.2 Å². The minimum absolute atomic E-state index is 0.0167. The third-order valence-corrected chi connectivity index (χ3v) is 3.65. The summed E-state index contributed by atoms with van der Waals surface area (Å²) in [5.41, 5.74) is 0. The molecular formula is C13H24O3. The topological polar surface area (TPSA) is 46.5 Å². The van der Waals surface area contributed by atoms with Gasteiger partial charge < -0.3 is 9.84 Å². The Kier molecular flexibility index (Phi) is 5.81. The van der Waals surface area contributed by atoms with Crippen LogP contribution in [0.4, 0.5) is 0 Å². The number of esters is 1. The monoisotopic (exact) mass is 228 g/mol. The van der Waals surface area contributed by atoms with E-state index in [4.69, 9.17) is 9.84 Å². The lowest BCUT2D eigenvalue weighted by Gasteiger charge is -2.30. The van der Waals surface area contributed by atoms with Gasteiger partial charge in [0, 0.05) is 6.61 Å². The molecule has 0 radical (unpaired) electrons. The fourth-order valence-corrected chi connectivity index (χ4v) is 2.39. The molecule has 94 valence electrons. The van der Waals surface area contributed by atoms with Crippen molar-refractivity contribution in [1.82, 2.24) is 0 Å². The highest BCUT2D eigenvalue weighted by atomic mass is 16.5. The van der Waals surface area contributed by atoms with Gasteiger partial charge in [-0.05, 0) is 43.9 Å². The fourth-order valence-electron chi connectivity index (χ4n) is 2.39. The van der Waals surface area contributed by atoms with Gasteiger partial charge in [0.15, 0.2) is 0 Å². The van der Waals surface area contributed by atoms with E-state index in [1.165, 1.54) is 0 Å². The summed E-state index contributed by atoms with van der Waals surface area (Å²) in [5.74, 6) is 1.04. The first-order chi connectivity index (χ1) is 7.69. The Morgan fingerprint density at radius 1 is 1.38 bits per heavy atom. The van der Waals surface area contributed by atoms with Gasteiger partial charge in [0.05, 0.1) is 12.5 Å². The highest BCUT2D eigenvalue weighted by Gasteiger charge is 2.29. The van der Waals surface area contributed by atoms with Crippen molar-refractivity contribution in [2.24, 2.45) is 17.8 Å².